The van der Waals surface area contributed by atoms with Crippen LogP contribution in [0.1, 0.15) is 25.3 Å². The highest BCUT2D eigenvalue weighted by atomic mass is 16.5. The van der Waals surface area contributed by atoms with Crippen molar-refractivity contribution in [3.63, 3.8) is 0 Å². The van der Waals surface area contributed by atoms with Gasteiger partial charge in [0.2, 0.25) is 0 Å². The van der Waals surface area contributed by atoms with Crippen LogP contribution in [0.5, 0.6) is 5.75 Å². The van der Waals surface area contributed by atoms with Gasteiger partial charge in [-0.2, -0.15) is 0 Å². The monoisotopic (exact) mass is 293 g/mol. The van der Waals surface area contributed by atoms with Gasteiger partial charge in [-0.05, 0) is 57.3 Å². The molecule has 1 aliphatic heterocycles. The number of β-amino-alcohol motifs (C(OH)–C–C–N with tert-alkyl or cyclic N) is 1. The Balaban J connectivity index is 1.71. The largest absolute Gasteiger partial charge is 0.491 e. The lowest BCUT2D eigenvalue weighted by molar-refractivity contribution is 0.0335. The van der Waals surface area contributed by atoms with Crippen molar-refractivity contribution in [2.75, 3.05) is 26.2 Å². The molecule has 2 N–H and O–H groups in total. The van der Waals surface area contributed by atoms with Crippen molar-refractivity contribution >= 4 is 0 Å². The number of para-hydroxylation sites is 1. The minimum Gasteiger partial charge on any atom is -0.491 e. The average Bonchev–Trinajstić information content (AvgIpc) is 2.47. The SMILES string of the molecule is Cc1ccccc1OCC(O)CN1CCC(C(C)O)CC1. The van der Waals surface area contributed by atoms with E-state index in [4.69, 9.17) is 4.74 Å². The first kappa shape index (κ1) is 16.3. The van der Waals surface area contributed by atoms with Crippen LogP contribution in [0.4, 0.5) is 0 Å². The number of nitrogens with zero attached hydrogens (tertiary/aromatic N) is 1. The van der Waals surface area contributed by atoms with Crippen LogP contribution in [-0.4, -0.2) is 53.6 Å². The van der Waals surface area contributed by atoms with Crippen LogP contribution in [0.2, 0.25) is 0 Å². The molecule has 0 aromatic heterocycles. The number of aryl methyl sites for hydroxylation is 1. The summed E-state index contributed by atoms with van der Waals surface area (Å²) in [6, 6.07) is 7.85. The maximum atomic E-state index is 10.1. The maximum absolute atomic E-state index is 10.1. The summed E-state index contributed by atoms with van der Waals surface area (Å²) in [5.74, 6) is 1.24. The number of benzene rings is 1. The quantitative estimate of drug-likeness (QED) is 0.840. The van der Waals surface area contributed by atoms with Crippen molar-refractivity contribution in [3.05, 3.63) is 29.8 Å². The first-order valence-electron chi connectivity index (χ1n) is 7.83. The molecule has 0 saturated carbocycles. The maximum Gasteiger partial charge on any atom is 0.122 e. The Kier molecular flexibility index (Phi) is 6.03. The summed E-state index contributed by atoms with van der Waals surface area (Å²) >= 11 is 0. The molecule has 1 saturated heterocycles. The summed E-state index contributed by atoms with van der Waals surface area (Å²) in [6.45, 7) is 6.71. The molecule has 0 aliphatic carbocycles. The summed E-state index contributed by atoms with van der Waals surface area (Å²) in [6.07, 6.45) is 1.31. The first-order chi connectivity index (χ1) is 10.1. The smallest absolute Gasteiger partial charge is 0.122 e. The van der Waals surface area contributed by atoms with Gasteiger partial charge in [0.25, 0.3) is 0 Å². The van der Waals surface area contributed by atoms with Crippen LogP contribution >= 0.6 is 0 Å². The van der Waals surface area contributed by atoms with Crippen LogP contribution in [0.3, 0.4) is 0 Å². The van der Waals surface area contributed by atoms with E-state index in [-0.39, 0.29) is 6.10 Å². The number of aliphatic hydroxyl groups excluding tert-OH is 2. The summed E-state index contributed by atoms with van der Waals surface area (Å²) in [4.78, 5) is 2.25. The fraction of sp³-hybridized carbons (Fsp3) is 0.647. The normalized spacial score (nSPS) is 20.2. The molecule has 2 rings (SSSR count). The molecule has 1 fully saturated rings. The second kappa shape index (κ2) is 7.78. The van der Waals surface area contributed by atoms with Crippen LogP contribution in [0.25, 0.3) is 0 Å². The Hall–Kier alpha value is -1.10. The fourth-order valence-electron chi connectivity index (χ4n) is 2.87. The van der Waals surface area contributed by atoms with E-state index in [2.05, 4.69) is 4.90 Å². The molecule has 0 bridgehead atoms. The van der Waals surface area contributed by atoms with Gasteiger partial charge in [-0.15, -0.1) is 0 Å². The van der Waals surface area contributed by atoms with E-state index in [1.165, 1.54) is 0 Å². The van der Waals surface area contributed by atoms with E-state index in [0.717, 1.165) is 37.2 Å². The zero-order chi connectivity index (χ0) is 15.2. The van der Waals surface area contributed by atoms with E-state index in [0.29, 0.717) is 19.1 Å². The highest BCUT2D eigenvalue weighted by molar-refractivity contribution is 5.31. The lowest BCUT2D eigenvalue weighted by Gasteiger charge is -2.34. The summed E-state index contributed by atoms with van der Waals surface area (Å²) in [5.41, 5.74) is 1.09. The van der Waals surface area contributed by atoms with Gasteiger partial charge < -0.3 is 19.8 Å². The van der Waals surface area contributed by atoms with Gasteiger partial charge in [-0.3, -0.25) is 0 Å². The van der Waals surface area contributed by atoms with E-state index in [9.17, 15) is 10.2 Å². The van der Waals surface area contributed by atoms with Gasteiger partial charge in [-0.25, -0.2) is 0 Å². The number of likely N-dealkylation sites (tertiary alicyclic amines) is 1. The Morgan fingerprint density at radius 1 is 1.24 bits per heavy atom. The third-order valence-electron chi connectivity index (χ3n) is 4.31. The standard InChI is InChI=1S/C17H27NO3/c1-13-5-3-4-6-17(13)21-12-16(20)11-18-9-7-15(8-10-18)14(2)19/h3-6,14-16,19-20H,7-12H2,1-2H3. The molecule has 1 aromatic rings. The molecule has 118 valence electrons. The molecule has 4 nitrogen and oxygen atoms in total. The molecule has 1 heterocycles. The van der Waals surface area contributed by atoms with Crippen LogP contribution in [-0.2, 0) is 0 Å². The lowest BCUT2D eigenvalue weighted by atomic mass is 9.92. The molecule has 2 atom stereocenters. The highest BCUT2D eigenvalue weighted by Crippen LogP contribution is 2.21. The number of piperidine rings is 1. The van der Waals surface area contributed by atoms with Crippen molar-refractivity contribution in [2.24, 2.45) is 5.92 Å². The Morgan fingerprint density at radius 3 is 2.52 bits per heavy atom. The lowest BCUT2D eigenvalue weighted by Crippen LogP contribution is -2.42. The van der Waals surface area contributed by atoms with E-state index in [1.54, 1.807) is 0 Å². The number of hydrogen-bond acceptors (Lipinski definition) is 4. The molecule has 1 aliphatic rings. The predicted molar refractivity (Wildman–Crippen MR) is 83.5 cm³/mol. The van der Waals surface area contributed by atoms with Crippen molar-refractivity contribution in [1.82, 2.24) is 4.90 Å². The molecular weight excluding hydrogens is 266 g/mol. The molecular formula is C17H27NO3. The number of hydrogen-bond donors (Lipinski definition) is 2. The molecule has 0 amide bonds. The van der Waals surface area contributed by atoms with Gasteiger partial charge in [0, 0.05) is 6.54 Å². The zero-order valence-corrected chi connectivity index (χ0v) is 13.0. The molecule has 21 heavy (non-hydrogen) atoms. The number of aliphatic hydroxyl groups is 2. The Labute approximate surface area is 127 Å². The molecule has 0 radical (unpaired) electrons. The topological polar surface area (TPSA) is 52.9 Å². The van der Waals surface area contributed by atoms with Crippen molar-refractivity contribution in [3.8, 4) is 5.75 Å². The van der Waals surface area contributed by atoms with Gasteiger partial charge in [0.15, 0.2) is 0 Å². The summed E-state index contributed by atoms with van der Waals surface area (Å²) in [5, 5.41) is 19.7. The molecule has 4 heteroatoms. The average molecular weight is 293 g/mol. The van der Waals surface area contributed by atoms with Crippen molar-refractivity contribution < 1.29 is 14.9 Å². The van der Waals surface area contributed by atoms with Crippen LogP contribution < -0.4 is 4.74 Å². The first-order valence-corrected chi connectivity index (χ1v) is 7.83. The predicted octanol–water partition coefficient (Wildman–Crippen LogP) is 1.83. The van der Waals surface area contributed by atoms with Crippen LogP contribution in [0, 0.1) is 12.8 Å². The second-order valence-corrected chi connectivity index (χ2v) is 6.11. The Morgan fingerprint density at radius 2 is 1.90 bits per heavy atom. The van der Waals surface area contributed by atoms with Crippen LogP contribution in [0.15, 0.2) is 24.3 Å². The van der Waals surface area contributed by atoms with E-state index < -0.39 is 6.10 Å². The number of rotatable bonds is 6. The van der Waals surface area contributed by atoms with E-state index in [1.807, 2.05) is 38.1 Å². The molecule has 1 aromatic carbocycles. The minimum absolute atomic E-state index is 0.221. The number of ether oxygens (including phenoxy) is 1. The highest BCUT2D eigenvalue weighted by Gasteiger charge is 2.23. The van der Waals surface area contributed by atoms with Crippen molar-refractivity contribution in [1.29, 1.82) is 0 Å². The van der Waals surface area contributed by atoms with Gasteiger partial charge in [-0.1, -0.05) is 18.2 Å². The van der Waals surface area contributed by atoms with Gasteiger partial charge in [0.05, 0.1) is 6.10 Å². The third kappa shape index (κ3) is 4.99. The third-order valence-corrected chi connectivity index (χ3v) is 4.31. The molecule has 2 unspecified atom stereocenters. The summed E-state index contributed by atoms with van der Waals surface area (Å²) in [7, 11) is 0. The Bertz CT molecular complexity index is 428. The van der Waals surface area contributed by atoms with E-state index >= 15 is 0 Å². The fourth-order valence-corrected chi connectivity index (χ4v) is 2.87. The zero-order valence-electron chi connectivity index (χ0n) is 13.0. The molecule has 0 spiro atoms. The van der Waals surface area contributed by atoms with Gasteiger partial charge >= 0.3 is 0 Å². The minimum atomic E-state index is -0.479. The second-order valence-electron chi connectivity index (χ2n) is 6.11. The van der Waals surface area contributed by atoms with Gasteiger partial charge in [0.1, 0.15) is 18.5 Å². The summed E-state index contributed by atoms with van der Waals surface area (Å²) < 4.78 is 5.68. The van der Waals surface area contributed by atoms with Crippen molar-refractivity contribution in [2.45, 2.75) is 38.9 Å².